The van der Waals surface area contributed by atoms with Gasteiger partial charge in [0.15, 0.2) is 0 Å². The first-order valence-electron chi connectivity index (χ1n) is 5.70. The van der Waals surface area contributed by atoms with Gasteiger partial charge < -0.3 is 5.32 Å². The molecular weight excluding hydrogens is 223 g/mol. The molecule has 0 amide bonds. The fourth-order valence-electron chi connectivity index (χ4n) is 2.19. The van der Waals surface area contributed by atoms with Crippen molar-refractivity contribution in [1.29, 1.82) is 0 Å². The maximum absolute atomic E-state index is 13.1. The van der Waals surface area contributed by atoms with E-state index < -0.39 is 0 Å². The predicted octanol–water partition coefficient (Wildman–Crippen LogP) is 2.77. The predicted molar refractivity (Wildman–Crippen MR) is 66.1 cm³/mol. The van der Waals surface area contributed by atoms with Gasteiger partial charge in [0.2, 0.25) is 0 Å². The average Bonchev–Trinajstić information content (AvgIpc) is 2.31. The van der Waals surface area contributed by atoms with Crippen LogP contribution in [-0.2, 0) is 0 Å². The van der Waals surface area contributed by atoms with E-state index in [9.17, 15) is 4.39 Å². The van der Waals surface area contributed by atoms with Crippen LogP contribution in [0, 0.1) is 5.82 Å². The Balaban J connectivity index is 2.14. The second-order valence-corrected chi connectivity index (χ2v) is 5.45. The standard InChI is InChI=1S/C12H17FN2S/c1-14-12(11-4-2-3-5-16-11)9-6-10(13)8-15-7-9/h6-8,11-12,14H,2-5H2,1H3. The molecule has 4 heteroatoms. The largest absolute Gasteiger partial charge is 0.312 e. The molecule has 16 heavy (non-hydrogen) atoms. The molecule has 0 aliphatic carbocycles. The van der Waals surface area contributed by atoms with Gasteiger partial charge >= 0.3 is 0 Å². The van der Waals surface area contributed by atoms with Crippen molar-refractivity contribution >= 4 is 11.8 Å². The minimum absolute atomic E-state index is 0.216. The zero-order valence-corrected chi connectivity index (χ0v) is 10.3. The van der Waals surface area contributed by atoms with E-state index in [4.69, 9.17) is 0 Å². The number of hydrogen-bond acceptors (Lipinski definition) is 3. The van der Waals surface area contributed by atoms with Crippen molar-refractivity contribution in [2.75, 3.05) is 12.8 Å². The Labute approximate surface area is 100 Å². The van der Waals surface area contributed by atoms with Crippen molar-refractivity contribution in [3.05, 3.63) is 29.8 Å². The summed E-state index contributed by atoms with van der Waals surface area (Å²) in [4.78, 5) is 3.92. The summed E-state index contributed by atoms with van der Waals surface area (Å²) in [5.41, 5.74) is 0.960. The van der Waals surface area contributed by atoms with Gasteiger partial charge in [0.25, 0.3) is 0 Å². The number of aromatic nitrogens is 1. The van der Waals surface area contributed by atoms with E-state index in [1.54, 1.807) is 12.3 Å². The first kappa shape index (κ1) is 11.9. The number of nitrogens with zero attached hydrogens (tertiary/aromatic N) is 1. The van der Waals surface area contributed by atoms with Crippen molar-refractivity contribution in [2.45, 2.75) is 30.6 Å². The van der Waals surface area contributed by atoms with E-state index in [1.807, 2.05) is 18.8 Å². The molecule has 2 rings (SSSR count). The Hall–Kier alpha value is -0.610. The van der Waals surface area contributed by atoms with Crippen LogP contribution in [0.3, 0.4) is 0 Å². The zero-order chi connectivity index (χ0) is 11.4. The van der Waals surface area contributed by atoms with Gasteiger partial charge in [-0.05, 0) is 37.3 Å². The van der Waals surface area contributed by atoms with Crippen molar-refractivity contribution in [1.82, 2.24) is 10.3 Å². The van der Waals surface area contributed by atoms with Crippen LogP contribution >= 0.6 is 11.8 Å². The van der Waals surface area contributed by atoms with Gasteiger partial charge in [-0.3, -0.25) is 4.98 Å². The van der Waals surface area contributed by atoms with E-state index in [1.165, 1.54) is 31.2 Å². The number of pyridine rings is 1. The van der Waals surface area contributed by atoms with E-state index in [0.29, 0.717) is 5.25 Å². The lowest BCUT2D eigenvalue weighted by Crippen LogP contribution is -2.29. The third-order valence-corrected chi connectivity index (χ3v) is 4.44. The topological polar surface area (TPSA) is 24.9 Å². The van der Waals surface area contributed by atoms with Crippen LogP contribution in [0.15, 0.2) is 18.5 Å². The van der Waals surface area contributed by atoms with Gasteiger partial charge in [0.05, 0.1) is 6.20 Å². The molecule has 2 unspecified atom stereocenters. The fourth-order valence-corrected chi connectivity index (χ4v) is 3.69. The fraction of sp³-hybridized carbons (Fsp3) is 0.583. The maximum Gasteiger partial charge on any atom is 0.141 e. The van der Waals surface area contributed by atoms with E-state index in [0.717, 1.165) is 5.56 Å². The van der Waals surface area contributed by atoms with Gasteiger partial charge in [0.1, 0.15) is 5.82 Å². The zero-order valence-electron chi connectivity index (χ0n) is 9.45. The highest BCUT2D eigenvalue weighted by Crippen LogP contribution is 2.34. The lowest BCUT2D eigenvalue weighted by atomic mass is 10.0. The summed E-state index contributed by atoms with van der Waals surface area (Å²) < 4.78 is 13.1. The van der Waals surface area contributed by atoms with Crippen LogP contribution < -0.4 is 5.32 Å². The highest BCUT2D eigenvalue weighted by atomic mass is 32.2. The summed E-state index contributed by atoms with van der Waals surface area (Å²) in [6, 6.07) is 1.80. The molecule has 88 valence electrons. The van der Waals surface area contributed by atoms with Gasteiger partial charge in [-0.25, -0.2) is 4.39 Å². The van der Waals surface area contributed by atoms with Crippen molar-refractivity contribution in [3.8, 4) is 0 Å². The van der Waals surface area contributed by atoms with Gasteiger partial charge in [0, 0.05) is 17.5 Å². The third kappa shape index (κ3) is 2.74. The first-order valence-corrected chi connectivity index (χ1v) is 6.75. The molecule has 1 saturated heterocycles. The molecule has 1 aromatic heterocycles. The van der Waals surface area contributed by atoms with E-state index >= 15 is 0 Å². The lowest BCUT2D eigenvalue weighted by Gasteiger charge is -2.29. The SMILES string of the molecule is CNC(c1cncc(F)c1)C1CCCCS1. The molecule has 1 N–H and O–H groups in total. The second-order valence-electron chi connectivity index (χ2n) is 4.11. The minimum atomic E-state index is -0.251. The molecule has 2 atom stereocenters. The van der Waals surface area contributed by atoms with Crippen LogP contribution in [-0.4, -0.2) is 23.0 Å². The molecule has 0 radical (unpaired) electrons. The molecule has 2 nitrogen and oxygen atoms in total. The van der Waals surface area contributed by atoms with E-state index in [-0.39, 0.29) is 11.9 Å². The quantitative estimate of drug-likeness (QED) is 0.879. The van der Waals surface area contributed by atoms with Crippen LogP contribution in [0.4, 0.5) is 4.39 Å². The molecule has 0 aromatic carbocycles. The van der Waals surface area contributed by atoms with Gasteiger partial charge in [-0.1, -0.05) is 6.42 Å². The van der Waals surface area contributed by atoms with Crippen molar-refractivity contribution in [3.63, 3.8) is 0 Å². The molecule has 0 spiro atoms. The molecule has 1 fully saturated rings. The smallest absolute Gasteiger partial charge is 0.141 e. The Morgan fingerprint density at radius 3 is 3.00 bits per heavy atom. The molecule has 0 saturated carbocycles. The van der Waals surface area contributed by atoms with Crippen LogP contribution in [0.1, 0.15) is 30.9 Å². The summed E-state index contributed by atoms with van der Waals surface area (Å²) >= 11 is 1.98. The second kappa shape index (κ2) is 5.64. The van der Waals surface area contributed by atoms with E-state index in [2.05, 4.69) is 10.3 Å². The summed E-state index contributed by atoms with van der Waals surface area (Å²) in [6.45, 7) is 0. The third-order valence-electron chi connectivity index (χ3n) is 2.98. The number of thioether (sulfide) groups is 1. The molecule has 1 aliphatic rings. The Morgan fingerprint density at radius 1 is 1.50 bits per heavy atom. The molecule has 1 aromatic rings. The summed E-state index contributed by atoms with van der Waals surface area (Å²) in [6.07, 6.45) is 6.80. The number of hydrogen-bond donors (Lipinski definition) is 1. The number of nitrogens with one attached hydrogen (secondary N) is 1. The molecule has 2 heterocycles. The molecular formula is C12H17FN2S. The Morgan fingerprint density at radius 2 is 2.38 bits per heavy atom. The normalized spacial score (nSPS) is 23.0. The van der Waals surface area contributed by atoms with Gasteiger partial charge in [-0.2, -0.15) is 11.8 Å². The maximum atomic E-state index is 13.1. The Kier molecular flexibility index (Phi) is 4.18. The van der Waals surface area contributed by atoms with Crippen molar-refractivity contribution in [2.24, 2.45) is 0 Å². The summed E-state index contributed by atoms with van der Waals surface area (Å²) in [7, 11) is 1.94. The Bertz CT molecular complexity index is 340. The van der Waals surface area contributed by atoms with Crippen LogP contribution in [0.5, 0.6) is 0 Å². The van der Waals surface area contributed by atoms with Gasteiger partial charge in [-0.15, -0.1) is 0 Å². The lowest BCUT2D eigenvalue weighted by molar-refractivity contribution is 0.510. The monoisotopic (exact) mass is 240 g/mol. The number of halogens is 1. The highest BCUT2D eigenvalue weighted by Gasteiger charge is 2.24. The molecule has 0 bridgehead atoms. The number of rotatable bonds is 3. The first-order chi connectivity index (χ1) is 7.81. The van der Waals surface area contributed by atoms with Crippen molar-refractivity contribution < 1.29 is 4.39 Å². The summed E-state index contributed by atoms with van der Waals surface area (Å²) in [5.74, 6) is 0.963. The van der Waals surface area contributed by atoms with Crippen LogP contribution in [0.2, 0.25) is 0 Å². The average molecular weight is 240 g/mol. The highest BCUT2D eigenvalue weighted by molar-refractivity contribution is 8.00. The summed E-state index contributed by atoms with van der Waals surface area (Å²) in [5, 5.41) is 3.83. The minimum Gasteiger partial charge on any atom is -0.312 e. The van der Waals surface area contributed by atoms with Crippen LogP contribution in [0.25, 0.3) is 0 Å². The molecule has 1 aliphatic heterocycles.